The third-order valence-corrected chi connectivity index (χ3v) is 2.38. The van der Waals surface area contributed by atoms with Crippen molar-refractivity contribution in [3.8, 4) is 5.75 Å². The van der Waals surface area contributed by atoms with Crippen LogP contribution in [0.3, 0.4) is 0 Å². The standard InChI is InChI=1S/C13H16FNO4/c1-8(2)6-15(7-12(17)18)13(19)10-4-3-9(16)5-11(10)14/h3-5,8,16H,6-7H2,1-2H3,(H,17,18). The van der Waals surface area contributed by atoms with Gasteiger partial charge in [0.2, 0.25) is 0 Å². The number of phenolic OH excluding ortho intramolecular Hbond substituents is 1. The molecule has 19 heavy (non-hydrogen) atoms. The number of phenols is 1. The van der Waals surface area contributed by atoms with Gasteiger partial charge < -0.3 is 15.1 Å². The zero-order valence-electron chi connectivity index (χ0n) is 10.8. The molecular weight excluding hydrogens is 253 g/mol. The molecule has 1 aromatic carbocycles. The number of carboxylic acid groups (broad SMARTS) is 1. The van der Waals surface area contributed by atoms with Crippen molar-refractivity contribution in [1.82, 2.24) is 4.90 Å². The Kier molecular flexibility index (Phi) is 4.86. The molecule has 1 aromatic rings. The normalized spacial score (nSPS) is 10.5. The molecular formula is C13H16FNO4. The number of nitrogens with zero attached hydrogens (tertiary/aromatic N) is 1. The summed E-state index contributed by atoms with van der Waals surface area (Å²) < 4.78 is 13.6. The summed E-state index contributed by atoms with van der Waals surface area (Å²) in [5.41, 5.74) is -0.250. The van der Waals surface area contributed by atoms with E-state index in [1.807, 2.05) is 13.8 Å². The Bertz CT molecular complexity index is 488. The van der Waals surface area contributed by atoms with Crippen LogP contribution < -0.4 is 0 Å². The van der Waals surface area contributed by atoms with Gasteiger partial charge in [-0.3, -0.25) is 9.59 Å². The summed E-state index contributed by atoms with van der Waals surface area (Å²) in [6.07, 6.45) is 0. The fourth-order valence-corrected chi connectivity index (χ4v) is 1.67. The van der Waals surface area contributed by atoms with Crippen LogP contribution in [0.15, 0.2) is 18.2 Å². The van der Waals surface area contributed by atoms with Crippen LogP contribution in [0.25, 0.3) is 0 Å². The van der Waals surface area contributed by atoms with Gasteiger partial charge in [-0.2, -0.15) is 0 Å². The summed E-state index contributed by atoms with van der Waals surface area (Å²) >= 11 is 0. The first-order chi connectivity index (χ1) is 8.81. The molecule has 0 bridgehead atoms. The van der Waals surface area contributed by atoms with Gasteiger partial charge in [0.05, 0.1) is 5.56 Å². The van der Waals surface area contributed by atoms with Crippen LogP contribution in [0.4, 0.5) is 4.39 Å². The second kappa shape index (κ2) is 6.17. The maximum atomic E-state index is 13.6. The molecule has 1 amide bonds. The summed E-state index contributed by atoms with van der Waals surface area (Å²) in [5, 5.41) is 17.9. The zero-order chi connectivity index (χ0) is 14.6. The van der Waals surface area contributed by atoms with Gasteiger partial charge >= 0.3 is 5.97 Å². The molecule has 104 valence electrons. The second-order valence-corrected chi connectivity index (χ2v) is 4.64. The van der Waals surface area contributed by atoms with Crippen molar-refractivity contribution in [3.63, 3.8) is 0 Å². The summed E-state index contributed by atoms with van der Waals surface area (Å²) in [4.78, 5) is 23.9. The van der Waals surface area contributed by atoms with Crippen LogP contribution in [0.5, 0.6) is 5.75 Å². The predicted molar refractivity (Wildman–Crippen MR) is 66.4 cm³/mol. The fourth-order valence-electron chi connectivity index (χ4n) is 1.67. The van der Waals surface area contributed by atoms with E-state index in [0.29, 0.717) is 0 Å². The van der Waals surface area contributed by atoms with Gasteiger partial charge in [0.15, 0.2) is 0 Å². The number of benzene rings is 1. The van der Waals surface area contributed by atoms with Gasteiger partial charge in [-0.1, -0.05) is 13.8 Å². The fraction of sp³-hybridized carbons (Fsp3) is 0.385. The van der Waals surface area contributed by atoms with Gasteiger partial charge in [-0.15, -0.1) is 0 Å². The minimum atomic E-state index is -1.16. The minimum Gasteiger partial charge on any atom is -0.508 e. The molecule has 0 atom stereocenters. The van der Waals surface area contributed by atoms with Crippen LogP contribution in [0.2, 0.25) is 0 Å². The van der Waals surface area contributed by atoms with Crippen LogP contribution in [0.1, 0.15) is 24.2 Å². The Morgan fingerprint density at radius 2 is 2.00 bits per heavy atom. The molecule has 1 rings (SSSR count). The van der Waals surface area contributed by atoms with Crippen LogP contribution in [-0.4, -0.2) is 40.1 Å². The lowest BCUT2D eigenvalue weighted by Gasteiger charge is -2.23. The lowest BCUT2D eigenvalue weighted by molar-refractivity contribution is -0.137. The first kappa shape index (κ1) is 14.9. The highest BCUT2D eigenvalue weighted by Gasteiger charge is 2.22. The van der Waals surface area contributed by atoms with E-state index >= 15 is 0 Å². The number of halogens is 1. The molecule has 0 fully saturated rings. The highest BCUT2D eigenvalue weighted by Crippen LogP contribution is 2.17. The molecule has 5 nitrogen and oxygen atoms in total. The SMILES string of the molecule is CC(C)CN(CC(=O)O)C(=O)c1ccc(O)cc1F. The Morgan fingerprint density at radius 3 is 2.47 bits per heavy atom. The van der Waals surface area contributed by atoms with E-state index in [-0.39, 0.29) is 23.8 Å². The van der Waals surface area contributed by atoms with Crippen molar-refractivity contribution in [2.24, 2.45) is 5.92 Å². The third-order valence-electron chi connectivity index (χ3n) is 2.38. The largest absolute Gasteiger partial charge is 0.508 e. The molecule has 0 aliphatic rings. The van der Waals surface area contributed by atoms with E-state index < -0.39 is 24.2 Å². The van der Waals surface area contributed by atoms with Gasteiger partial charge in [0, 0.05) is 12.6 Å². The number of aliphatic carboxylic acids is 1. The molecule has 0 radical (unpaired) electrons. The van der Waals surface area contributed by atoms with Crippen molar-refractivity contribution in [2.45, 2.75) is 13.8 Å². The molecule has 0 heterocycles. The molecule has 0 aliphatic carbocycles. The summed E-state index contributed by atoms with van der Waals surface area (Å²) in [6, 6.07) is 3.15. The lowest BCUT2D eigenvalue weighted by Crippen LogP contribution is -2.38. The lowest BCUT2D eigenvalue weighted by atomic mass is 10.1. The highest BCUT2D eigenvalue weighted by molar-refractivity contribution is 5.96. The Labute approximate surface area is 110 Å². The van der Waals surface area contributed by atoms with Gasteiger partial charge in [0.1, 0.15) is 18.1 Å². The molecule has 0 saturated carbocycles. The summed E-state index contributed by atoms with van der Waals surface area (Å²) in [5.74, 6) is -2.96. The van der Waals surface area contributed by atoms with Gasteiger partial charge in [-0.25, -0.2) is 4.39 Å². The third kappa shape index (κ3) is 4.24. The summed E-state index contributed by atoms with van der Waals surface area (Å²) in [6.45, 7) is 3.38. The summed E-state index contributed by atoms with van der Waals surface area (Å²) in [7, 11) is 0. The molecule has 0 spiro atoms. The van der Waals surface area contributed by atoms with E-state index in [9.17, 15) is 14.0 Å². The smallest absolute Gasteiger partial charge is 0.323 e. The minimum absolute atomic E-state index is 0.0588. The van der Waals surface area contributed by atoms with E-state index in [1.165, 1.54) is 6.07 Å². The van der Waals surface area contributed by atoms with Crippen LogP contribution >= 0.6 is 0 Å². The van der Waals surface area contributed by atoms with Crippen LogP contribution in [-0.2, 0) is 4.79 Å². The molecule has 2 N–H and O–H groups in total. The number of hydrogen-bond donors (Lipinski definition) is 2. The van der Waals surface area contributed by atoms with E-state index in [2.05, 4.69) is 0 Å². The molecule has 0 unspecified atom stereocenters. The number of carbonyl (C=O) groups is 2. The van der Waals surface area contributed by atoms with Crippen molar-refractivity contribution in [3.05, 3.63) is 29.6 Å². The number of aromatic hydroxyl groups is 1. The molecule has 0 aliphatic heterocycles. The molecule has 0 aromatic heterocycles. The number of amides is 1. The average Bonchev–Trinajstić information content (AvgIpc) is 2.26. The molecule has 6 heteroatoms. The van der Waals surface area contributed by atoms with E-state index in [0.717, 1.165) is 17.0 Å². The number of carboxylic acids is 1. The predicted octanol–water partition coefficient (Wildman–Crippen LogP) is 1.71. The Hall–Kier alpha value is -2.11. The highest BCUT2D eigenvalue weighted by atomic mass is 19.1. The van der Waals surface area contributed by atoms with Crippen molar-refractivity contribution < 1.29 is 24.2 Å². The zero-order valence-corrected chi connectivity index (χ0v) is 10.8. The Morgan fingerprint density at radius 1 is 1.37 bits per heavy atom. The number of rotatable bonds is 5. The van der Waals surface area contributed by atoms with E-state index in [4.69, 9.17) is 10.2 Å². The number of hydrogen-bond acceptors (Lipinski definition) is 3. The van der Waals surface area contributed by atoms with Crippen molar-refractivity contribution >= 4 is 11.9 Å². The van der Waals surface area contributed by atoms with E-state index in [1.54, 1.807) is 0 Å². The monoisotopic (exact) mass is 269 g/mol. The van der Waals surface area contributed by atoms with Crippen molar-refractivity contribution in [1.29, 1.82) is 0 Å². The maximum absolute atomic E-state index is 13.6. The van der Waals surface area contributed by atoms with Gasteiger partial charge in [-0.05, 0) is 18.1 Å². The van der Waals surface area contributed by atoms with Crippen LogP contribution in [0, 0.1) is 11.7 Å². The quantitative estimate of drug-likeness (QED) is 0.853. The maximum Gasteiger partial charge on any atom is 0.323 e. The average molecular weight is 269 g/mol. The first-order valence-electron chi connectivity index (χ1n) is 5.81. The molecule has 0 saturated heterocycles. The second-order valence-electron chi connectivity index (χ2n) is 4.64. The topological polar surface area (TPSA) is 77.8 Å². The number of carbonyl (C=O) groups excluding carboxylic acids is 1. The van der Waals surface area contributed by atoms with Gasteiger partial charge in [0.25, 0.3) is 5.91 Å². The Balaban J connectivity index is 3.00. The van der Waals surface area contributed by atoms with Crippen molar-refractivity contribution in [2.75, 3.05) is 13.1 Å². The first-order valence-corrected chi connectivity index (χ1v) is 5.81.